The molecule has 33 heavy (non-hydrogen) atoms. The van der Waals surface area contributed by atoms with Crippen molar-refractivity contribution in [2.75, 3.05) is 18.1 Å². The number of aliphatic hydroxyl groups excluding tert-OH is 1. The van der Waals surface area contributed by atoms with Gasteiger partial charge in [0.1, 0.15) is 30.6 Å². The zero-order valence-corrected chi connectivity index (χ0v) is 17.1. The van der Waals surface area contributed by atoms with Gasteiger partial charge in [-0.15, -0.1) is 0 Å². The van der Waals surface area contributed by atoms with Crippen LogP contribution in [0.15, 0.2) is 72.3 Å². The molecule has 5 rings (SSSR count). The second-order valence-electron chi connectivity index (χ2n) is 7.56. The van der Waals surface area contributed by atoms with Gasteiger partial charge in [-0.05, 0) is 54.1 Å². The molecule has 6 nitrogen and oxygen atoms in total. The first-order valence-electron chi connectivity index (χ1n) is 10.2. The Morgan fingerprint density at radius 3 is 2.33 bits per heavy atom. The molecule has 1 amide bonds. The molecule has 2 aliphatic heterocycles. The SMILES string of the molecule is O=C1C(=O)N(c2cccc(F)c2)C(c2ccc(F)cc2)/C1=C(/O)c1ccc2c(c1)OCCO2. The molecule has 2 heterocycles. The number of hydrogen-bond donors (Lipinski definition) is 1. The third-order valence-electron chi connectivity index (χ3n) is 5.53. The highest BCUT2D eigenvalue weighted by Crippen LogP contribution is 2.43. The number of fused-ring (bicyclic) bond motifs is 1. The zero-order valence-electron chi connectivity index (χ0n) is 17.1. The van der Waals surface area contributed by atoms with Crippen LogP contribution in [0, 0.1) is 11.6 Å². The van der Waals surface area contributed by atoms with Gasteiger partial charge in [0.15, 0.2) is 11.5 Å². The van der Waals surface area contributed by atoms with Crippen molar-refractivity contribution < 1.29 is 33.0 Å². The van der Waals surface area contributed by atoms with E-state index in [0.717, 1.165) is 11.0 Å². The summed E-state index contributed by atoms with van der Waals surface area (Å²) in [4.78, 5) is 27.2. The molecule has 1 atom stereocenters. The molecule has 0 spiro atoms. The Hall–Kier alpha value is -4.20. The number of amides is 1. The molecular formula is C25H17F2NO5. The van der Waals surface area contributed by atoms with Crippen LogP contribution in [-0.2, 0) is 9.59 Å². The number of nitrogens with zero attached hydrogens (tertiary/aromatic N) is 1. The maximum absolute atomic E-state index is 13.9. The van der Waals surface area contributed by atoms with Gasteiger partial charge in [-0.2, -0.15) is 0 Å². The fourth-order valence-corrected chi connectivity index (χ4v) is 4.03. The first-order chi connectivity index (χ1) is 15.9. The number of ether oxygens (including phenoxy) is 2. The van der Waals surface area contributed by atoms with Gasteiger partial charge in [0.25, 0.3) is 11.7 Å². The van der Waals surface area contributed by atoms with E-state index in [1.54, 1.807) is 12.1 Å². The third-order valence-corrected chi connectivity index (χ3v) is 5.53. The molecular weight excluding hydrogens is 432 g/mol. The van der Waals surface area contributed by atoms with Crippen LogP contribution in [0.25, 0.3) is 5.76 Å². The van der Waals surface area contributed by atoms with Crippen molar-refractivity contribution in [2.45, 2.75) is 6.04 Å². The summed E-state index contributed by atoms with van der Waals surface area (Å²) in [5.41, 5.74) is 0.544. The van der Waals surface area contributed by atoms with E-state index in [1.807, 2.05) is 0 Å². The summed E-state index contributed by atoms with van der Waals surface area (Å²) in [6.07, 6.45) is 0. The number of aliphatic hydroxyl groups is 1. The normalized spacial score (nSPS) is 19.1. The molecule has 8 heteroatoms. The molecule has 3 aromatic carbocycles. The summed E-state index contributed by atoms with van der Waals surface area (Å²) in [7, 11) is 0. The summed E-state index contributed by atoms with van der Waals surface area (Å²) < 4.78 is 38.6. The largest absolute Gasteiger partial charge is 0.507 e. The molecule has 1 saturated heterocycles. The van der Waals surface area contributed by atoms with Crippen LogP contribution in [0.1, 0.15) is 17.2 Å². The average Bonchev–Trinajstić information content (AvgIpc) is 3.09. The van der Waals surface area contributed by atoms with Gasteiger partial charge in [0.2, 0.25) is 0 Å². The lowest BCUT2D eigenvalue weighted by Gasteiger charge is -2.25. The van der Waals surface area contributed by atoms with Crippen molar-refractivity contribution in [3.8, 4) is 11.5 Å². The Balaban J connectivity index is 1.69. The summed E-state index contributed by atoms with van der Waals surface area (Å²) in [5.74, 6) is -2.53. The van der Waals surface area contributed by atoms with Crippen LogP contribution in [-0.4, -0.2) is 30.0 Å². The summed E-state index contributed by atoms with van der Waals surface area (Å²) in [6, 6.07) is 14.0. The van der Waals surface area contributed by atoms with Gasteiger partial charge in [-0.1, -0.05) is 18.2 Å². The molecule has 1 unspecified atom stereocenters. The Kier molecular flexibility index (Phi) is 5.05. The van der Waals surface area contributed by atoms with E-state index in [1.165, 1.54) is 48.5 Å². The van der Waals surface area contributed by atoms with Gasteiger partial charge in [0, 0.05) is 11.3 Å². The van der Waals surface area contributed by atoms with Gasteiger partial charge < -0.3 is 14.6 Å². The summed E-state index contributed by atoms with van der Waals surface area (Å²) >= 11 is 0. The zero-order chi connectivity index (χ0) is 23.1. The van der Waals surface area contributed by atoms with Gasteiger partial charge in [-0.25, -0.2) is 8.78 Å². The predicted molar refractivity (Wildman–Crippen MR) is 115 cm³/mol. The third kappa shape index (κ3) is 3.59. The molecule has 2 aliphatic rings. The minimum absolute atomic E-state index is 0.132. The van der Waals surface area contributed by atoms with E-state index < -0.39 is 35.1 Å². The van der Waals surface area contributed by atoms with Crippen molar-refractivity contribution in [2.24, 2.45) is 0 Å². The van der Waals surface area contributed by atoms with E-state index in [-0.39, 0.29) is 16.8 Å². The fraction of sp³-hybridized carbons (Fsp3) is 0.120. The topological polar surface area (TPSA) is 76.1 Å². The first-order valence-corrected chi connectivity index (χ1v) is 10.2. The van der Waals surface area contributed by atoms with Crippen LogP contribution in [0.5, 0.6) is 11.5 Å². The molecule has 0 saturated carbocycles. The lowest BCUT2D eigenvalue weighted by molar-refractivity contribution is -0.132. The minimum Gasteiger partial charge on any atom is -0.507 e. The second-order valence-corrected chi connectivity index (χ2v) is 7.56. The van der Waals surface area contributed by atoms with E-state index in [0.29, 0.717) is 30.3 Å². The lowest BCUT2D eigenvalue weighted by Crippen LogP contribution is -2.29. The number of halogens is 2. The molecule has 1 N–H and O–H groups in total. The van der Waals surface area contributed by atoms with Crippen LogP contribution in [0.2, 0.25) is 0 Å². The number of carbonyl (C=O) groups is 2. The maximum atomic E-state index is 13.9. The van der Waals surface area contributed by atoms with E-state index in [9.17, 15) is 23.5 Å². The van der Waals surface area contributed by atoms with Crippen molar-refractivity contribution >= 4 is 23.1 Å². The van der Waals surface area contributed by atoms with E-state index >= 15 is 0 Å². The van der Waals surface area contributed by atoms with Gasteiger partial charge >= 0.3 is 0 Å². The van der Waals surface area contributed by atoms with E-state index in [4.69, 9.17) is 9.47 Å². The molecule has 0 radical (unpaired) electrons. The molecule has 1 fully saturated rings. The Bertz CT molecular complexity index is 1300. The quantitative estimate of drug-likeness (QED) is 0.365. The smallest absolute Gasteiger partial charge is 0.300 e. The first kappa shape index (κ1) is 20.7. The van der Waals surface area contributed by atoms with Crippen molar-refractivity contribution in [1.82, 2.24) is 0 Å². The van der Waals surface area contributed by atoms with Crippen LogP contribution in [0.3, 0.4) is 0 Å². The number of benzene rings is 3. The van der Waals surface area contributed by atoms with Gasteiger partial charge in [0.05, 0.1) is 11.6 Å². The predicted octanol–water partition coefficient (Wildman–Crippen LogP) is 4.36. The number of hydrogen-bond acceptors (Lipinski definition) is 5. The highest BCUT2D eigenvalue weighted by Gasteiger charge is 2.47. The minimum atomic E-state index is -1.10. The van der Waals surface area contributed by atoms with Crippen LogP contribution in [0.4, 0.5) is 14.5 Å². The highest BCUT2D eigenvalue weighted by atomic mass is 19.1. The maximum Gasteiger partial charge on any atom is 0.300 e. The number of rotatable bonds is 3. The average molecular weight is 449 g/mol. The Morgan fingerprint density at radius 2 is 1.61 bits per heavy atom. The van der Waals surface area contributed by atoms with E-state index in [2.05, 4.69) is 0 Å². The number of ketones is 1. The Labute approximate surface area is 187 Å². The van der Waals surface area contributed by atoms with Crippen molar-refractivity contribution in [1.29, 1.82) is 0 Å². The van der Waals surface area contributed by atoms with Crippen LogP contribution >= 0.6 is 0 Å². The molecule has 0 aromatic heterocycles. The van der Waals surface area contributed by atoms with Crippen molar-refractivity contribution in [3.05, 3.63) is 95.1 Å². The number of anilines is 1. The highest BCUT2D eigenvalue weighted by molar-refractivity contribution is 6.51. The lowest BCUT2D eigenvalue weighted by atomic mass is 9.95. The molecule has 3 aromatic rings. The molecule has 0 aliphatic carbocycles. The monoisotopic (exact) mass is 449 g/mol. The summed E-state index contributed by atoms with van der Waals surface area (Å²) in [6.45, 7) is 0.721. The standard InChI is InChI=1S/C25H17F2NO5/c26-16-7-4-14(5-8-16)22-21(23(29)15-6-9-19-20(12-15)33-11-10-32-19)24(30)25(31)28(22)18-3-1-2-17(27)13-18/h1-9,12-13,22,29H,10-11H2/b23-21-. The van der Waals surface area contributed by atoms with Crippen molar-refractivity contribution in [3.63, 3.8) is 0 Å². The number of carbonyl (C=O) groups excluding carboxylic acids is 2. The fourth-order valence-electron chi connectivity index (χ4n) is 4.03. The number of Topliss-reactive ketones (excluding diaryl/α,β-unsaturated/α-hetero) is 1. The Morgan fingerprint density at radius 1 is 0.879 bits per heavy atom. The van der Waals surface area contributed by atoms with Crippen LogP contribution < -0.4 is 14.4 Å². The second kappa shape index (κ2) is 8.05. The molecule has 166 valence electrons. The summed E-state index contributed by atoms with van der Waals surface area (Å²) in [5, 5.41) is 11.2. The van der Waals surface area contributed by atoms with Gasteiger partial charge in [-0.3, -0.25) is 14.5 Å². The molecule has 0 bridgehead atoms.